The van der Waals surface area contributed by atoms with Crippen LogP contribution in [0, 0.1) is 6.92 Å². The summed E-state index contributed by atoms with van der Waals surface area (Å²) in [5.74, 6) is 1.22. The molecule has 0 atom stereocenters. The van der Waals surface area contributed by atoms with Crippen LogP contribution in [0.5, 0.6) is 5.75 Å². The Bertz CT molecular complexity index is 1510. The van der Waals surface area contributed by atoms with Crippen LogP contribution >= 0.6 is 11.8 Å². The van der Waals surface area contributed by atoms with Crippen molar-refractivity contribution in [2.24, 2.45) is 0 Å². The minimum absolute atomic E-state index is 0.118. The molecule has 5 aromatic rings. The van der Waals surface area contributed by atoms with Crippen molar-refractivity contribution in [1.82, 2.24) is 19.5 Å². The molecule has 0 bridgehead atoms. The molecule has 0 fully saturated rings. The van der Waals surface area contributed by atoms with Gasteiger partial charge >= 0.3 is 0 Å². The predicted octanol–water partition coefficient (Wildman–Crippen LogP) is 4.94. The molecular formula is C25H20N4O2S. The van der Waals surface area contributed by atoms with Crippen molar-refractivity contribution in [3.8, 4) is 11.4 Å². The first-order chi connectivity index (χ1) is 15.6. The summed E-state index contributed by atoms with van der Waals surface area (Å²) in [7, 11) is 1.61. The van der Waals surface area contributed by atoms with E-state index in [0.717, 1.165) is 22.4 Å². The Morgan fingerprint density at radius 1 is 0.875 bits per heavy atom. The minimum atomic E-state index is -0.118. The molecule has 6 nitrogen and oxygen atoms in total. The van der Waals surface area contributed by atoms with Crippen molar-refractivity contribution in [1.29, 1.82) is 0 Å². The van der Waals surface area contributed by atoms with Gasteiger partial charge in [-0.15, -0.1) is 0 Å². The largest absolute Gasteiger partial charge is 0.497 e. The van der Waals surface area contributed by atoms with Gasteiger partial charge in [0.1, 0.15) is 5.75 Å². The zero-order chi connectivity index (χ0) is 22.1. The number of hydrogen-bond donors (Lipinski definition) is 0. The van der Waals surface area contributed by atoms with Gasteiger partial charge in [0, 0.05) is 11.8 Å². The fourth-order valence-corrected chi connectivity index (χ4v) is 4.60. The standard InChI is InChI=1S/C25H20N4O2S/c1-16-23(27-22-13-6-5-12-21(22)26-16)15-32-25-28-20-11-4-3-10-19(20)24(30)29(25)17-8-7-9-18(14-17)31-2/h3-14H,15H2,1-2H3. The normalized spacial score (nSPS) is 11.2. The summed E-state index contributed by atoms with van der Waals surface area (Å²) in [6.07, 6.45) is 0. The summed E-state index contributed by atoms with van der Waals surface area (Å²) >= 11 is 1.47. The Balaban J connectivity index is 1.61. The van der Waals surface area contributed by atoms with Crippen molar-refractivity contribution in [2.45, 2.75) is 17.8 Å². The van der Waals surface area contributed by atoms with Crippen LogP contribution in [0.15, 0.2) is 82.7 Å². The van der Waals surface area contributed by atoms with E-state index in [0.29, 0.717) is 33.2 Å². The van der Waals surface area contributed by atoms with Gasteiger partial charge in [0.05, 0.1) is 46.1 Å². The van der Waals surface area contributed by atoms with E-state index < -0.39 is 0 Å². The van der Waals surface area contributed by atoms with Crippen LogP contribution in [-0.4, -0.2) is 26.6 Å². The number of benzene rings is 3. The zero-order valence-corrected chi connectivity index (χ0v) is 18.5. The van der Waals surface area contributed by atoms with Gasteiger partial charge in [-0.25, -0.2) is 15.0 Å². The number of rotatable bonds is 5. The number of nitrogens with zero attached hydrogens (tertiary/aromatic N) is 4. The summed E-state index contributed by atoms with van der Waals surface area (Å²) < 4.78 is 7.01. The highest BCUT2D eigenvalue weighted by Gasteiger charge is 2.15. The average molecular weight is 441 g/mol. The molecule has 2 aromatic heterocycles. The van der Waals surface area contributed by atoms with Gasteiger partial charge in [0.2, 0.25) is 0 Å². The molecule has 2 heterocycles. The number of methoxy groups -OCH3 is 1. The number of ether oxygens (including phenoxy) is 1. The SMILES string of the molecule is COc1cccc(-n2c(SCc3nc4ccccc4nc3C)nc3ccccc3c2=O)c1. The number of fused-ring (bicyclic) bond motifs is 2. The van der Waals surface area contributed by atoms with Crippen LogP contribution in [0.3, 0.4) is 0 Å². The molecule has 0 radical (unpaired) electrons. The fraction of sp³-hybridized carbons (Fsp3) is 0.120. The fourth-order valence-electron chi connectivity index (χ4n) is 3.58. The van der Waals surface area contributed by atoms with E-state index in [1.54, 1.807) is 17.7 Å². The minimum Gasteiger partial charge on any atom is -0.497 e. The first-order valence-corrected chi connectivity index (χ1v) is 11.1. The third-order valence-corrected chi connectivity index (χ3v) is 6.19. The third kappa shape index (κ3) is 3.71. The summed E-state index contributed by atoms with van der Waals surface area (Å²) in [5, 5.41) is 1.16. The molecule has 3 aromatic carbocycles. The molecule has 0 aliphatic heterocycles. The van der Waals surface area contributed by atoms with Crippen LogP contribution in [0.25, 0.3) is 27.6 Å². The Hall–Kier alpha value is -3.71. The van der Waals surface area contributed by atoms with Crippen molar-refractivity contribution >= 4 is 33.7 Å². The van der Waals surface area contributed by atoms with E-state index in [2.05, 4.69) is 4.98 Å². The lowest BCUT2D eigenvalue weighted by molar-refractivity contribution is 0.414. The molecule has 0 N–H and O–H groups in total. The first kappa shape index (κ1) is 20.2. The predicted molar refractivity (Wildman–Crippen MR) is 128 cm³/mol. The highest BCUT2D eigenvalue weighted by molar-refractivity contribution is 7.98. The molecule has 0 spiro atoms. The summed E-state index contributed by atoms with van der Waals surface area (Å²) in [6, 6.07) is 22.6. The van der Waals surface area contributed by atoms with Crippen LogP contribution < -0.4 is 10.3 Å². The molecule has 0 aliphatic rings. The van der Waals surface area contributed by atoms with E-state index >= 15 is 0 Å². The van der Waals surface area contributed by atoms with Crippen LogP contribution in [0.4, 0.5) is 0 Å². The van der Waals surface area contributed by atoms with Gasteiger partial charge in [-0.1, -0.05) is 42.1 Å². The van der Waals surface area contributed by atoms with E-state index in [9.17, 15) is 4.79 Å². The lowest BCUT2D eigenvalue weighted by Gasteiger charge is -2.14. The highest BCUT2D eigenvalue weighted by atomic mass is 32.2. The molecule has 0 aliphatic carbocycles. The van der Waals surface area contributed by atoms with E-state index in [1.165, 1.54) is 11.8 Å². The summed E-state index contributed by atoms with van der Waals surface area (Å²) in [6.45, 7) is 1.96. The van der Waals surface area contributed by atoms with Crippen LogP contribution in [0.2, 0.25) is 0 Å². The van der Waals surface area contributed by atoms with Gasteiger partial charge in [-0.3, -0.25) is 9.36 Å². The maximum atomic E-state index is 13.4. The Labute approximate surface area is 188 Å². The maximum absolute atomic E-state index is 13.4. The Kier molecular flexibility index (Phi) is 5.33. The molecule has 0 unspecified atom stereocenters. The molecule has 0 saturated carbocycles. The molecule has 7 heteroatoms. The monoisotopic (exact) mass is 440 g/mol. The van der Waals surface area contributed by atoms with Gasteiger partial charge < -0.3 is 4.74 Å². The lowest BCUT2D eigenvalue weighted by atomic mass is 10.2. The van der Waals surface area contributed by atoms with E-state index in [1.807, 2.05) is 73.7 Å². The van der Waals surface area contributed by atoms with Gasteiger partial charge in [-0.2, -0.15) is 0 Å². The number of hydrogen-bond acceptors (Lipinski definition) is 6. The quantitative estimate of drug-likeness (QED) is 0.285. The van der Waals surface area contributed by atoms with Crippen molar-refractivity contribution in [2.75, 3.05) is 7.11 Å². The molecule has 32 heavy (non-hydrogen) atoms. The number of aryl methyl sites for hydroxylation is 1. The molecule has 0 amide bonds. The van der Waals surface area contributed by atoms with E-state index in [-0.39, 0.29) is 5.56 Å². The van der Waals surface area contributed by atoms with Crippen molar-refractivity contribution in [3.05, 3.63) is 94.5 Å². The molecule has 158 valence electrons. The molecule has 5 rings (SSSR count). The third-order valence-electron chi connectivity index (χ3n) is 5.24. The average Bonchev–Trinajstić information content (AvgIpc) is 2.83. The van der Waals surface area contributed by atoms with E-state index in [4.69, 9.17) is 14.7 Å². The van der Waals surface area contributed by atoms with Gasteiger partial charge in [0.15, 0.2) is 5.16 Å². The smallest absolute Gasteiger partial charge is 0.266 e. The number of aromatic nitrogens is 4. The van der Waals surface area contributed by atoms with Gasteiger partial charge in [0.25, 0.3) is 5.56 Å². The highest BCUT2D eigenvalue weighted by Crippen LogP contribution is 2.27. The van der Waals surface area contributed by atoms with Crippen molar-refractivity contribution in [3.63, 3.8) is 0 Å². The number of para-hydroxylation sites is 3. The van der Waals surface area contributed by atoms with Crippen LogP contribution in [-0.2, 0) is 5.75 Å². The lowest BCUT2D eigenvalue weighted by Crippen LogP contribution is -2.21. The zero-order valence-electron chi connectivity index (χ0n) is 17.6. The Morgan fingerprint density at radius 2 is 1.59 bits per heavy atom. The second kappa shape index (κ2) is 8.43. The Morgan fingerprint density at radius 3 is 2.38 bits per heavy atom. The van der Waals surface area contributed by atoms with Gasteiger partial charge in [-0.05, 0) is 43.3 Å². The van der Waals surface area contributed by atoms with Crippen LogP contribution in [0.1, 0.15) is 11.4 Å². The maximum Gasteiger partial charge on any atom is 0.266 e. The number of thioether (sulfide) groups is 1. The second-order valence-corrected chi connectivity index (χ2v) is 8.23. The summed E-state index contributed by atoms with van der Waals surface area (Å²) in [5.41, 5.74) is 4.71. The summed E-state index contributed by atoms with van der Waals surface area (Å²) in [4.78, 5) is 27.7. The second-order valence-electron chi connectivity index (χ2n) is 7.29. The van der Waals surface area contributed by atoms with Crippen molar-refractivity contribution < 1.29 is 4.74 Å². The topological polar surface area (TPSA) is 69.9 Å². The first-order valence-electron chi connectivity index (χ1n) is 10.2. The molecule has 0 saturated heterocycles. The molecular weight excluding hydrogens is 420 g/mol.